The van der Waals surface area contributed by atoms with Crippen LogP contribution in [0.25, 0.3) is 11.3 Å². The van der Waals surface area contributed by atoms with Crippen molar-refractivity contribution in [3.63, 3.8) is 0 Å². The van der Waals surface area contributed by atoms with E-state index >= 15 is 0 Å². The van der Waals surface area contributed by atoms with Crippen LogP contribution in [0.3, 0.4) is 0 Å². The van der Waals surface area contributed by atoms with E-state index in [1.54, 1.807) is 11.0 Å². The van der Waals surface area contributed by atoms with Crippen molar-refractivity contribution in [2.75, 3.05) is 11.1 Å². The number of anilines is 1. The first-order chi connectivity index (χ1) is 14.2. The molecule has 0 unspecified atom stereocenters. The summed E-state index contributed by atoms with van der Waals surface area (Å²) in [7, 11) is 0. The Kier molecular flexibility index (Phi) is 5.96. The highest BCUT2D eigenvalue weighted by Gasteiger charge is 2.12. The Morgan fingerprint density at radius 2 is 2.14 bits per heavy atom. The van der Waals surface area contributed by atoms with E-state index in [1.165, 1.54) is 35.0 Å². The maximum atomic E-state index is 12.2. The molecule has 9 nitrogen and oxygen atoms in total. The lowest BCUT2D eigenvalue weighted by molar-refractivity contribution is -0.113. The van der Waals surface area contributed by atoms with Crippen LogP contribution in [0.2, 0.25) is 0 Å². The van der Waals surface area contributed by atoms with Crippen LogP contribution in [-0.4, -0.2) is 41.6 Å². The Hall–Kier alpha value is -3.05. The van der Waals surface area contributed by atoms with E-state index in [-0.39, 0.29) is 11.7 Å². The summed E-state index contributed by atoms with van der Waals surface area (Å²) in [6, 6.07) is 8.26. The van der Waals surface area contributed by atoms with E-state index in [0.29, 0.717) is 22.8 Å². The molecule has 1 amide bonds. The van der Waals surface area contributed by atoms with Crippen LogP contribution >= 0.6 is 23.1 Å². The zero-order valence-corrected chi connectivity index (χ0v) is 17.1. The lowest BCUT2D eigenvalue weighted by Crippen LogP contribution is -2.13. The fraction of sp³-hybridized carbons (Fsp3) is 0.222. The lowest BCUT2D eigenvalue weighted by atomic mass is 10.1. The number of carbonyl (C=O) groups is 1. The predicted octanol–water partition coefficient (Wildman–Crippen LogP) is 3.13. The molecular weight excluding hydrogens is 410 g/mol. The summed E-state index contributed by atoms with van der Waals surface area (Å²) in [5.41, 5.74) is 3.15. The summed E-state index contributed by atoms with van der Waals surface area (Å²) >= 11 is 2.56. The molecule has 0 spiro atoms. The van der Waals surface area contributed by atoms with E-state index in [9.17, 15) is 4.79 Å². The fourth-order valence-electron chi connectivity index (χ4n) is 2.47. The van der Waals surface area contributed by atoms with Crippen LogP contribution in [0.4, 0.5) is 5.13 Å². The minimum Gasteiger partial charge on any atom is -0.414 e. The monoisotopic (exact) mass is 427 g/mol. The van der Waals surface area contributed by atoms with Gasteiger partial charge in [-0.05, 0) is 12.0 Å². The smallest absolute Gasteiger partial charge is 0.277 e. The van der Waals surface area contributed by atoms with Gasteiger partial charge in [0.15, 0.2) is 5.13 Å². The van der Waals surface area contributed by atoms with Crippen molar-refractivity contribution in [3.8, 4) is 11.3 Å². The third-order valence-corrected chi connectivity index (χ3v) is 5.52. The lowest BCUT2D eigenvalue weighted by Gasteiger charge is -2.00. The van der Waals surface area contributed by atoms with Gasteiger partial charge in [-0.15, -0.1) is 21.5 Å². The average Bonchev–Trinajstić information content (AvgIpc) is 3.50. The number of amides is 1. The molecule has 0 radical (unpaired) electrons. The molecule has 0 aliphatic carbocycles. The molecule has 29 heavy (non-hydrogen) atoms. The van der Waals surface area contributed by atoms with E-state index in [2.05, 4.69) is 49.6 Å². The van der Waals surface area contributed by atoms with Crippen molar-refractivity contribution in [3.05, 3.63) is 53.8 Å². The number of hydrogen-bond acceptors (Lipinski definition) is 9. The van der Waals surface area contributed by atoms with Gasteiger partial charge in [0, 0.05) is 10.9 Å². The van der Waals surface area contributed by atoms with Gasteiger partial charge in [-0.25, -0.2) is 14.6 Å². The van der Waals surface area contributed by atoms with Crippen molar-refractivity contribution in [2.24, 2.45) is 0 Å². The van der Waals surface area contributed by atoms with Gasteiger partial charge in [0.25, 0.3) is 5.22 Å². The molecule has 0 aliphatic rings. The van der Waals surface area contributed by atoms with Gasteiger partial charge >= 0.3 is 0 Å². The number of aryl methyl sites for hydroxylation is 1. The van der Waals surface area contributed by atoms with Crippen LogP contribution in [0.1, 0.15) is 18.4 Å². The Labute approximate surface area is 174 Å². The quantitative estimate of drug-likeness (QED) is 0.427. The molecule has 0 saturated heterocycles. The number of carbonyl (C=O) groups excluding carboxylic acids is 1. The molecule has 0 fully saturated rings. The van der Waals surface area contributed by atoms with Gasteiger partial charge in [0.05, 0.1) is 11.4 Å². The van der Waals surface area contributed by atoms with Crippen molar-refractivity contribution >= 4 is 34.1 Å². The van der Waals surface area contributed by atoms with Crippen LogP contribution < -0.4 is 5.32 Å². The third kappa shape index (κ3) is 5.06. The normalized spacial score (nSPS) is 10.9. The Morgan fingerprint density at radius 3 is 2.90 bits per heavy atom. The molecular formula is C18H17N7O2S2. The van der Waals surface area contributed by atoms with Crippen LogP contribution in [0, 0.1) is 0 Å². The second kappa shape index (κ2) is 8.97. The van der Waals surface area contributed by atoms with Gasteiger partial charge in [-0.3, -0.25) is 4.79 Å². The predicted molar refractivity (Wildman–Crippen MR) is 110 cm³/mol. The number of thioether (sulfide) groups is 1. The third-order valence-electron chi connectivity index (χ3n) is 3.95. The van der Waals surface area contributed by atoms with E-state index in [4.69, 9.17) is 4.42 Å². The summed E-state index contributed by atoms with van der Waals surface area (Å²) in [4.78, 5) is 20.5. The van der Waals surface area contributed by atoms with Crippen molar-refractivity contribution in [1.82, 2.24) is 29.9 Å². The Morgan fingerprint density at radius 1 is 1.28 bits per heavy atom. The summed E-state index contributed by atoms with van der Waals surface area (Å²) in [6.07, 6.45) is 3.99. The summed E-state index contributed by atoms with van der Waals surface area (Å²) < 4.78 is 7.07. The Bertz CT molecular complexity index is 1070. The summed E-state index contributed by atoms with van der Waals surface area (Å²) in [5.74, 6) is 0.357. The average molecular weight is 428 g/mol. The fourth-order valence-corrected chi connectivity index (χ4v) is 3.79. The largest absolute Gasteiger partial charge is 0.414 e. The summed E-state index contributed by atoms with van der Waals surface area (Å²) in [6.45, 7) is 2.45. The maximum Gasteiger partial charge on any atom is 0.277 e. The first-order valence-electron chi connectivity index (χ1n) is 8.82. The van der Waals surface area contributed by atoms with Crippen LogP contribution in [0.15, 0.2) is 51.9 Å². The highest BCUT2D eigenvalue weighted by Crippen LogP contribution is 2.25. The molecule has 3 heterocycles. The molecule has 0 bridgehead atoms. The van der Waals surface area contributed by atoms with Crippen LogP contribution in [-0.2, 0) is 17.8 Å². The first kappa shape index (κ1) is 19.3. The molecule has 0 atom stereocenters. The van der Waals surface area contributed by atoms with Crippen molar-refractivity contribution in [1.29, 1.82) is 0 Å². The van der Waals surface area contributed by atoms with Gasteiger partial charge in [-0.2, -0.15) is 5.10 Å². The molecule has 0 aliphatic heterocycles. The first-order valence-corrected chi connectivity index (χ1v) is 10.7. The molecule has 1 N–H and O–H groups in total. The highest BCUT2D eigenvalue weighted by molar-refractivity contribution is 7.99. The molecule has 3 aromatic heterocycles. The maximum absolute atomic E-state index is 12.2. The molecule has 1 aromatic carbocycles. The topological polar surface area (TPSA) is 112 Å². The molecule has 11 heteroatoms. The second-order valence-corrected chi connectivity index (χ2v) is 7.76. The molecule has 148 valence electrons. The van der Waals surface area contributed by atoms with Crippen molar-refractivity contribution in [2.45, 2.75) is 25.1 Å². The van der Waals surface area contributed by atoms with Gasteiger partial charge in [0.1, 0.15) is 19.2 Å². The standard InChI is InChI=1S/C18H17N7O2S2/c1-2-12-3-5-13(6-4-12)14-8-28-17(21-14)22-15(26)9-29-18-24-23-16(27-18)7-25-11-19-10-20-25/h3-6,8,10-11H,2,7,9H2,1H3,(H,21,22,26). The molecule has 4 rings (SSSR count). The van der Waals surface area contributed by atoms with E-state index in [0.717, 1.165) is 17.7 Å². The number of thiazole rings is 1. The summed E-state index contributed by atoms with van der Waals surface area (Å²) in [5, 5.41) is 17.4. The number of rotatable bonds is 8. The van der Waals surface area contributed by atoms with E-state index < -0.39 is 0 Å². The molecule has 4 aromatic rings. The number of nitrogens with one attached hydrogen (secondary N) is 1. The zero-order valence-electron chi connectivity index (χ0n) is 15.5. The van der Waals surface area contributed by atoms with E-state index in [1.807, 2.05) is 17.5 Å². The minimum absolute atomic E-state index is 0.144. The van der Waals surface area contributed by atoms with Gasteiger partial charge < -0.3 is 9.73 Å². The van der Waals surface area contributed by atoms with Gasteiger partial charge in [0.2, 0.25) is 11.8 Å². The van der Waals surface area contributed by atoms with Gasteiger partial charge in [-0.1, -0.05) is 43.0 Å². The number of nitrogens with zero attached hydrogens (tertiary/aromatic N) is 6. The number of benzene rings is 1. The number of hydrogen-bond donors (Lipinski definition) is 1. The van der Waals surface area contributed by atoms with Crippen LogP contribution in [0.5, 0.6) is 0 Å². The highest BCUT2D eigenvalue weighted by atomic mass is 32.2. The number of aromatic nitrogens is 6. The second-order valence-electron chi connectivity index (χ2n) is 5.98. The Balaban J connectivity index is 1.29. The SMILES string of the molecule is CCc1ccc(-c2csc(NC(=O)CSc3nnc(Cn4cncn4)o3)n2)cc1. The minimum atomic E-state index is -0.187. The van der Waals surface area contributed by atoms with Crippen molar-refractivity contribution < 1.29 is 9.21 Å². The molecule has 0 saturated carbocycles. The zero-order chi connectivity index (χ0) is 20.1.